The molecule has 0 radical (unpaired) electrons. The molecule has 2 nitrogen and oxygen atoms in total. The first kappa shape index (κ1) is 28.6. The quantitative estimate of drug-likeness (QED) is 0.178. The van der Waals surface area contributed by atoms with Crippen LogP contribution in [-0.2, 0) is 6.42 Å². The number of nitrogens with zero attached hydrogens (tertiary/aromatic N) is 2. The van der Waals surface area contributed by atoms with Gasteiger partial charge in [-0.3, -0.25) is 0 Å². The SMILES string of the molecule is C1=Cc2c(n(-c3ccc(-c4ccccc4)cc3)c3ccc(-c4ccc5c(c4)c4ccccc4n5-c4cccc(-c5ccccc5)c4)cc23)CC1. The van der Waals surface area contributed by atoms with Crippen LogP contribution >= 0.6 is 0 Å². The summed E-state index contributed by atoms with van der Waals surface area (Å²) < 4.78 is 4.89. The molecule has 9 aromatic rings. The Kier molecular flexibility index (Phi) is 6.67. The minimum Gasteiger partial charge on any atom is -0.313 e. The number of rotatable bonds is 5. The van der Waals surface area contributed by atoms with E-state index in [1.807, 2.05) is 0 Å². The zero-order chi connectivity index (χ0) is 33.0. The highest BCUT2D eigenvalue weighted by Crippen LogP contribution is 2.39. The van der Waals surface area contributed by atoms with Gasteiger partial charge in [0.15, 0.2) is 0 Å². The van der Waals surface area contributed by atoms with E-state index in [1.54, 1.807) is 0 Å². The molecular formula is C48H34N2. The standard InChI is InChI=1S/C48H34N2/c1-3-12-33(13-4-1)35-22-26-39(27-23-35)49-45-20-9-7-18-41(45)43-31-37(24-28-47(43)49)38-25-29-48-44(32-38)42-19-8-10-21-46(42)50(48)40-17-11-16-36(30-40)34-14-5-2-6-15-34/h1-8,10-19,21-32H,9,20H2. The van der Waals surface area contributed by atoms with Crippen LogP contribution in [0.3, 0.4) is 0 Å². The van der Waals surface area contributed by atoms with E-state index in [0.29, 0.717) is 0 Å². The highest BCUT2D eigenvalue weighted by atomic mass is 15.0. The van der Waals surface area contributed by atoms with Crippen LogP contribution in [0.2, 0.25) is 0 Å². The van der Waals surface area contributed by atoms with Crippen LogP contribution in [0.15, 0.2) is 176 Å². The van der Waals surface area contributed by atoms with E-state index in [1.165, 1.54) is 88.7 Å². The van der Waals surface area contributed by atoms with Crippen molar-refractivity contribution in [3.05, 3.63) is 187 Å². The lowest BCUT2D eigenvalue weighted by Crippen LogP contribution is -2.02. The molecule has 10 rings (SSSR count). The number of hydrogen-bond donors (Lipinski definition) is 0. The molecule has 0 N–H and O–H groups in total. The van der Waals surface area contributed by atoms with E-state index < -0.39 is 0 Å². The number of hydrogen-bond acceptors (Lipinski definition) is 0. The highest BCUT2D eigenvalue weighted by Gasteiger charge is 2.20. The number of fused-ring (bicyclic) bond motifs is 6. The van der Waals surface area contributed by atoms with Crippen molar-refractivity contribution in [3.8, 4) is 44.8 Å². The Morgan fingerprint density at radius 1 is 0.360 bits per heavy atom. The monoisotopic (exact) mass is 638 g/mol. The first-order valence-electron chi connectivity index (χ1n) is 17.5. The molecule has 0 unspecified atom stereocenters. The van der Waals surface area contributed by atoms with Crippen molar-refractivity contribution in [2.45, 2.75) is 12.8 Å². The van der Waals surface area contributed by atoms with Gasteiger partial charge in [0.2, 0.25) is 0 Å². The number of aromatic nitrogens is 2. The van der Waals surface area contributed by atoms with E-state index in [0.717, 1.165) is 12.8 Å². The van der Waals surface area contributed by atoms with Gasteiger partial charge in [0.25, 0.3) is 0 Å². The Balaban J connectivity index is 1.09. The van der Waals surface area contributed by atoms with Crippen molar-refractivity contribution < 1.29 is 0 Å². The van der Waals surface area contributed by atoms with Gasteiger partial charge in [-0.05, 0) is 101 Å². The molecule has 236 valence electrons. The summed E-state index contributed by atoms with van der Waals surface area (Å²) in [6, 6.07) is 62.0. The third-order valence-corrected chi connectivity index (χ3v) is 10.4. The molecule has 2 heterocycles. The average Bonchev–Trinajstić information content (AvgIpc) is 3.71. The van der Waals surface area contributed by atoms with Crippen LogP contribution in [0.4, 0.5) is 0 Å². The van der Waals surface area contributed by atoms with E-state index in [2.05, 4.69) is 191 Å². The largest absolute Gasteiger partial charge is 0.313 e. The highest BCUT2D eigenvalue weighted by molar-refractivity contribution is 6.10. The summed E-state index contributed by atoms with van der Waals surface area (Å²) in [5.74, 6) is 0. The molecular weight excluding hydrogens is 605 g/mol. The Labute approximate surface area is 291 Å². The summed E-state index contributed by atoms with van der Waals surface area (Å²) in [6.07, 6.45) is 6.76. The van der Waals surface area contributed by atoms with E-state index in [-0.39, 0.29) is 0 Å². The third-order valence-electron chi connectivity index (χ3n) is 10.4. The van der Waals surface area contributed by atoms with Crippen molar-refractivity contribution in [1.29, 1.82) is 0 Å². The number of allylic oxidation sites excluding steroid dienone is 1. The molecule has 0 bridgehead atoms. The van der Waals surface area contributed by atoms with Gasteiger partial charge in [-0.2, -0.15) is 0 Å². The second-order valence-electron chi connectivity index (χ2n) is 13.3. The van der Waals surface area contributed by atoms with Crippen LogP contribution in [0.1, 0.15) is 17.7 Å². The Hall–Kier alpha value is -6.38. The van der Waals surface area contributed by atoms with Crippen molar-refractivity contribution in [3.63, 3.8) is 0 Å². The second-order valence-corrected chi connectivity index (χ2v) is 13.3. The first-order valence-corrected chi connectivity index (χ1v) is 17.5. The minimum atomic E-state index is 1.03. The Morgan fingerprint density at radius 3 is 1.68 bits per heavy atom. The predicted molar refractivity (Wildman–Crippen MR) is 211 cm³/mol. The Bertz CT molecular complexity index is 2730. The van der Waals surface area contributed by atoms with Crippen LogP contribution in [0.5, 0.6) is 0 Å². The van der Waals surface area contributed by atoms with Crippen LogP contribution in [0, 0.1) is 0 Å². The average molecular weight is 639 g/mol. The lowest BCUT2D eigenvalue weighted by atomic mass is 9.98. The minimum absolute atomic E-state index is 1.03. The third kappa shape index (κ3) is 4.64. The molecule has 50 heavy (non-hydrogen) atoms. The molecule has 1 aliphatic carbocycles. The first-order chi connectivity index (χ1) is 24.8. The maximum atomic E-state index is 2.48. The van der Waals surface area contributed by atoms with Gasteiger partial charge in [0, 0.05) is 38.8 Å². The van der Waals surface area contributed by atoms with E-state index in [9.17, 15) is 0 Å². The van der Waals surface area contributed by atoms with Gasteiger partial charge in [-0.25, -0.2) is 0 Å². The van der Waals surface area contributed by atoms with Gasteiger partial charge in [0.05, 0.1) is 16.6 Å². The summed E-state index contributed by atoms with van der Waals surface area (Å²) in [4.78, 5) is 0. The van der Waals surface area contributed by atoms with Crippen LogP contribution in [0.25, 0.3) is 83.5 Å². The molecule has 0 amide bonds. The lowest BCUT2D eigenvalue weighted by Gasteiger charge is -2.14. The van der Waals surface area contributed by atoms with Gasteiger partial charge >= 0.3 is 0 Å². The second kappa shape index (κ2) is 11.6. The molecule has 0 saturated heterocycles. The normalized spacial score (nSPS) is 12.6. The van der Waals surface area contributed by atoms with Gasteiger partial charge in [0.1, 0.15) is 0 Å². The summed E-state index contributed by atoms with van der Waals surface area (Å²) in [6.45, 7) is 0. The summed E-state index contributed by atoms with van der Waals surface area (Å²) in [7, 11) is 0. The fourth-order valence-corrected chi connectivity index (χ4v) is 8.02. The van der Waals surface area contributed by atoms with Crippen LogP contribution < -0.4 is 0 Å². The van der Waals surface area contributed by atoms with Crippen molar-refractivity contribution >= 4 is 38.8 Å². The summed E-state index contributed by atoms with van der Waals surface area (Å²) in [5, 5.41) is 3.84. The molecule has 0 atom stereocenters. The smallest absolute Gasteiger partial charge is 0.0541 e. The van der Waals surface area contributed by atoms with E-state index in [4.69, 9.17) is 0 Å². The van der Waals surface area contributed by atoms with Crippen molar-refractivity contribution in [2.24, 2.45) is 0 Å². The fourth-order valence-electron chi connectivity index (χ4n) is 8.02. The van der Waals surface area contributed by atoms with Gasteiger partial charge in [-0.15, -0.1) is 0 Å². The fraction of sp³-hybridized carbons (Fsp3) is 0.0417. The zero-order valence-corrected chi connectivity index (χ0v) is 27.6. The van der Waals surface area contributed by atoms with Crippen molar-refractivity contribution in [2.75, 3.05) is 0 Å². The predicted octanol–water partition coefficient (Wildman–Crippen LogP) is 12.7. The lowest BCUT2D eigenvalue weighted by molar-refractivity contribution is 0.888. The molecule has 1 aliphatic rings. The molecule has 0 fully saturated rings. The van der Waals surface area contributed by atoms with Crippen molar-refractivity contribution in [1.82, 2.24) is 9.13 Å². The van der Waals surface area contributed by atoms with E-state index >= 15 is 0 Å². The molecule has 0 spiro atoms. The molecule has 2 heteroatoms. The summed E-state index contributed by atoms with van der Waals surface area (Å²) in [5.41, 5.74) is 16.2. The zero-order valence-electron chi connectivity index (χ0n) is 27.6. The molecule has 7 aromatic carbocycles. The van der Waals surface area contributed by atoms with Gasteiger partial charge in [-0.1, -0.05) is 127 Å². The maximum absolute atomic E-state index is 2.48. The Morgan fingerprint density at radius 2 is 0.920 bits per heavy atom. The molecule has 0 saturated carbocycles. The topological polar surface area (TPSA) is 9.86 Å². The molecule has 2 aromatic heterocycles. The van der Waals surface area contributed by atoms with Crippen LogP contribution in [-0.4, -0.2) is 9.13 Å². The summed E-state index contributed by atoms with van der Waals surface area (Å²) >= 11 is 0. The maximum Gasteiger partial charge on any atom is 0.0541 e. The number of benzene rings is 7. The van der Waals surface area contributed by atoms with Gasteiger partial charge < -0.3 is 9.13 Å². The number of para-hydroxylation sites is 1. The molecule has 0 aliphatic heterocycles.